The summed E-state index contributed by atoms with van der Waals surface area (Å²) in [6, 6.07) is 16.1. The molecule has 2 aromatic rings. The molecule has 5 nitrogen and oxygen atoms in total. The number of nitrogens with one attached hydrogen (secondary N) is 1. The molecule has 1 spiro atoms. The van der Waals surface area contributed by atoms with E-state index >= 15 is 0 Å². The maximum absolute atomic E-state index is 12.6. The van der Waals surface area contributed by atoms with Gasteiger partial charge in [-0.25, -0.2) is 4.79 Å². The molecule has 2 aliphatic rings. The van der Waals surface area contributed by atoms with E-state index < -0.39 is 6.09 Å². The van der Waals surface area contributed by atoms with Crippen LogP contribution in [-0.4, -0.2) is 26.4 Å². The highest BCUT2D eigenvalue weighted by atomic mass is 16.6. The fraction of sp³-hybridized carbons (Fsp3) is 0.458. The number of para-hydroxylation sites is 1. The van der Waals surface area contributed by atoms with Gasteiger partial charge in [0.15, 0.2) is 0 Å². The molecule has 1 amide bonds. The van der Waals surface area contributed by atoms with Gasteiger partial charge in [0.2, 0.25) is 0 Å². The molecule has 1 atom stereocenters. The average molecular weight is 395 g/mol. The van der Waals surface area contributed by atoms with Crippen LogP contribution in [-0.2, 0) is 4.74 Å². The number of amides is 1. The van der Waals surface area contributed by atoms with Crippen molar-refractivity contribution in [3.05, 3.63) is 54.1 Å². The number of benzene rings is 2. The van der Waals surface area contributed by atoms with E-state index in [1.54, 1.807) is 26.4 Å². The normalized spacial score (nSPS) is 25.7. The fourth-order valence-electron chi connectivity index (χ4n) is 4.91. The summed E-state index contributed by atoms with van der Waals surface area (Å²) in [4.78, 5) is 12.6. The van der Waals surface area contributed by atoms with Gasteiger partial charge in [0.1, 0.15) is 23.3 Å². The molecule has 0 aromatic heterocycles. The van der Waals surface area contributed by atoms with Gasteiger partial charge in [0, 0.05) is 5.41 Å². The van der Waals surface area contributed by atoms with E-state index in [1.165, 1.54) is 5.56 Å². The van der Waals surface area contributed by atoms with E-state index in [0.29, 0.717) is 23.1 Å². The van der Waals surface area contributed by atoms with Crippen LogP contribution in [0.1, 0.15) is 50.0 Å². The Labute approximate surface area is 172 Å². The predicted molar refractivity (Wildman–Crippen MR) is 113 cm³/mol. The van der Waals surface area contributed by atoms with Crippen molar-refractivity contribution in [1.82, 2.24) is 0 Å². The Morgan fingerprint density at radius 1 is 0.897 bits per heavy atom. The van der Waals surface area contributed by atoms with E-state index in [2.05, 4.69) is 35.6 Å². The van der Waals surface area contributed by atoms with Crippen molar-refractivity contribution in [2.24, 2.45) is 5.41 Å². The molecule has 0 unspecified atom stereocenters. The molecule has 2 aliphatic carbocycles. The minimum Gasteiger partial charge on any atom is -0.494 e. The molecule has 0 aliphatic heterocycles. The molecule has 1 N–H and O–H groups in total. The Morgan fingerprint density at radius 2 is 1.52 bits per heavy atom. The maximum Gasteiger partial charge on any atom is 0.412 e. The number of hydrogen-bond donors (Lipinski definition) is 1. The second-order valence-electron chi connectivity index (χ2n) is 8.14. The summed E-state index contributed by atoms with van der Waals surface area (Å²) >= 11 is 0. The number of carbonyl (C=O) groups excluding carboxylic acids is 1. The third kappa shape index (κ3) is 3.91. The molecular weight excluding hydrogens is 366 g/mol. The summed E-state index contributed by atoms with van der Waals surface area (Å²) in [7, 11) is 3.13. The van der Waals surface area contributed by atoms with Gasteiger partial charge in [-0.2, -0.15) is 0 Å². The molecule has 0 bridgehead atoms. The number of anilines is 1. The highest BCUT2D eigenvalue weighted by Crippen LogP contribution is 2.55. The summed E-state index contributed by atoms with van der Waals surface area (Å²) in [6.45, 7) is 0. The van der Waals surface area contributed by atoms with Crippen LogP contribution in [0.2, 0.25) is 0 Å². The number of hydrogen-bond acceptors (Lipinski definition) is 4. The van der Waals surface area contributed by atoms with Crippen LogP contribution < -0.4 is 14.8 Å². The van der Waals surface area contributed by atoms with Gasteiger partial charge in [-0.1, -0.05) is 36.4 Å². The van der Waals surface area contributed by atoms with Crippen LogP contribution in [0.15, 0.2) is 48.5 Å². The summed E-state index contributed by atoms with van der Waals surface area (Å²) in [5.41, 5.74) is 2.08. The van der Waals surface area contributed by atoms with Crippen molar-refractivity contribution in [3.63, 3.8) is 0 Å². The molecule has 29 heavy (non-hydrogen) atoms. The zero-order valence-electron chi connectivity index (χ0n) is 17.1. The molecule has 154 valence electrons. The van der Waals surface area contributed by atoms with E-state index in [1.807, 2.05) is 6.07 Å². The van der Waals surface area contributed by atoms with Crippen molar-refractivity contribution in [2.45, 2.75) is 50.5 Å². The first-order valence-electron chi connectivity index (χ1n) is 10.4. The molecule has 4 rings (SSSR count). The van der Waals surface area contributed by atoms with Gasteiger partial charge < -0.3 is 14.2 Å². The first-order chi connectivity index (χ1) is 14.1. The van der Waals surface area contributed by atoms with Gasteiger partial charge in [0.05, 0.1) is 14.2 Å². The zero-order chi connectivity index (χ0) is 20.3. The highest BCUT2D eigenvalue weighted by molar-refractivity contribution is 5.89. The molecule has 2 fully saturated rings. The van der Waals surface area contributed by atoms with Crippen molar-refractivity contribution in [2.75, 3.05) is 19.5 Å². The van der Waals surface area contributed by atoms with Crippen molar-refractivity contribution in [3.8, 4) is 11.5 Å². The standard InChI is InChI=1S/C24H29NO4/c1-27-19-9-6-10-20(28-2)22(19)25-23(26)29-21-13-16-24(21)14-11-18(12-15-24)17-7-4-3-5-8-17/h3-10,18,21H,11-16H2,1-2H3,(H,25,26)/t18?,21-,24?/m0/s1. The van der Waals surface area contributed by atoms with Crippen LogP contribution in [0, 0.1) is 5.41 Å². The monoisotopic (exact) mass is 395 g/mol. The molecular formula is C24H29NO4. The fourth-order valence-corrected chi connectivity index (χ4v) is 4.91. The van der Waals surface area contributed by atoms with Gasteiger partial charge in [-0.3, -0.25) is 5.32 Å². The molecule has 2 aromatic carbocycles. The number of rotatable bonds is 5. The van der Waals surface area contributed by atoms with Crippen LogP contribution >= 0.6 is 0 Å². The van der Waals surface area contributed by atoms with E-state index in [4.69, 9.17) is 14.2 Å². The van der Waals surface area contributed by atoms with Gasteiger partial charge in [-0.05, 0) is 62.1 Å². The Balaban J connectivity index is 1.37. The lowest BCUT2D eigenvalue weighted by molar-refractivity contribution is -0.0915. The predicted octanol–water partition coefficient (Wildman–Crippen LogP) is 5.76. The largest absolute Gasteiger partial charge is 0.494 e. The zero-order valence-corrected chi connectivity index (χ0v) is 17.1. The molecule has 0 saturated heterocycles. The Hall–Kier alpha value is -2.69. The SMILES string of the molecule is COc1cccc(OC)c1NC(=O)O[C@H]1CCC12CCC(c1ccccc1)CC2. The Morgan fingerprint density at radius 3 is 2.07 bits per heavy atom. The minimum absolute atomic E-state index is 0.0140. The smallest absolute Gasteiger partial charge is 0.412 e. The van der Waals surface area contributed by atoms with Crippen molar-refractivity contribution >= 4 is 11.8 Å². The summed E-state index contributed by atoms with van der Waals surface area (Å²) in [5.74, 6) is 1.72. The van der Waals surface area contributed by atoms with Crippen LogP contribution in [0.3, 0.4) is 0 Å². The van der Waals surface area contributed by atoms with E-state index in [-0.39, 0.29) is 11.5 Å². The lowest BCUT2D eigenvalue weighted by atomic mass is 9.56. The first-order valence-corrected chi connectivity index (χ1v) is 10.4. The van der Waals surface area contributed by atoms with Crippen LogP contribution in [0.25, 0.3) is 0 Å². The Bertz CT molecular complexity index is 821. The first kappa shape index (κ1) is 19.6. The maximum atomic E-state index is 12.6. The van der Waals surface area contributed by atoms with Gasteiger partial charge in [0.25, 0.3) is 0 Å². The number of ether oxygens (including phenoxy) is 3. The van der Waals surface area contributed by atoms with E-state index in [9.17, 15) is 4.79 Å². The second kappa shape index (κ2) is 8.36. The summed E-state index contributed by atoms with van der Waals surface area (Å²) in [5, 5.41) is 2.83. The molecule has 2 saturated carbocycles. The number of methoxy groups -OCH3 is 2. The lowest BCUT2D eigenvalue weighted by Crippen LogP contribution is -2.49. The van der Waals surface area contributed by atoms with Crippen LogP contribution in [0.4, 0.5) is 10.5 Å². The third-order valence-electron chi connectivity index (χ3n) is 6.74. The molecule has 0 heterocycles. The second-order valence-corrected chi connectivity index (χ2v) is 8.14. The molecule has 0 radical (unpaired) electrons. The quantitative estimate of drug-likeness (QED) is 0.699. The average Bonchev–Trinajstić information content (AvgIpc) is 2.77. The third-order valence-corrected chi connectivity index (χ3v) is 6.74. The van der Waals surface area contributed by atoms with Gasteiger partial charge in [-0.15, -0.1) is 0 Å². The lowest BCUT2D eigenvalue weighted by Gasteiger charge is -2.52. The summed E-state index contributed by atoms with van der Waals surface area (Å²) in [6.07, 6.45) is 6.17. The van der Waals surface area contributed by atoms with Crippen LogP contribution in [0.5, 0.6) is 11.5 Å². The minimum atomic E-state index is -0.443. The highest BCUT2D eigenvalue weighted by Gasteiger charge is 2.50. The number of carbonyl (C=O) groups is 1. The van der Waals surface area contributed by atoms with Crippen molar-refractivity contribution < 1.29 is 19.0 Å². The van der Waals surface area contributed by atoms with Gasteiger partial charge >= 0.3 is 6.09 Å². The Kier molecular flexibility index (Phi) is 5.65. The summed E-state index contributed by atoms with van der Waals surface area (Å²) < 4.78 is 16.6. The molecule has 5 heteroatoms. The topological polar surface area (TPSA) is 56.8 Å². The van der Waals surface area contributed by atoms with Crippen molar-refractivity contribution in [1.29, 1.82) is 0 Å². The van der Waals surface area contributed by atoms with E-state index in [0.717, 1.165) is 38.5 Å².